The van der Waals surface area contributed by atoms with Gasteiger partial charge in [-0.15, -0.1) is 24.8 Å². The van der Waals surface area contributed by atoms with Crippen molar-refractivity contribution in [1.29, 1.82) is 5.26 Å². The summed E-state index contributed by atoms with van der Waals surface area (Å²) < 4.78 is 0. The molecule has 162 valence electrons. The molecule has 6 nitrogen and oxygen atoms in total. The monoisotopic (exact) mass is 477 g/mol. The van der Waals surface area contributed by atoms with Gasteiger partial charge in [0.05, 0.1) is 36.2 Å². The number of halogens is 3. The molecule has 1 saturated heterocycles. The molecule has 4 rings (SSSR count). The van der Waals surface area contributed by atoms with E-state index in [0.29, 0.717) is 23.7 Å². The number of amides is 1. The van der Waals surface area contributed by atoms with E-state index in [9.17, 15) is 4.79 Å². The van der Waals surface area contributed by atoms with Crippen LogP contribution >= 0.6 is 36.4 Å². The number of hydrogen-bond acceptors (Lipinski definition) is 4. The largest absolute Gasteiger partial charge is 0.347 e. The number of aromatic nitrogens is 2. The Balaban J connectivity index is 0.00000171. The number of carbonyl (C=O) groups is 1. The van der Waals surface area contributed by atoms with Gasteiger partial charge in [0.15, 0.2) is 0 Å². The third kappa shape index (κ3) is 5.78. The molecule has 1 aliphatic rings. The number of nitrogens with one attached hydrogen (secondary N) is 1. The Hall–Kier alpha value is -2.56. The van der Waals surface area contributed by atoms with Crippen LogP contribution in [-0.2, 0) is 11.2 Å². The molecule has 1 aliphatic heterocycles. The summed E-state index contributed by atoms with van der Waals surface area (Å²) in [5.41, 5.74) is 3.54. The molecule has 3 aromatic rings. The minimum atomic E-state index is -0.00380. The number of aromatic amines is 1. The van der Waals surface area contributed by atoms with E-state index < -0.39 is 0 Å². The van der Waals surface area contributed by atoms with Crippen molar-refractivity contribution in [3.63, 3.8) is 0 Å². The van der Waals surface area contributed by atoms with Crippen LogP contribution in [0, 0.1) is 11.3 Å². The van der Waals surface area contributed by atoms with Crippen LogP contribution in [-0.4, -0.2) is 40.4 Å². The second-order valence-electron chi connectivity index (χ2n) is 7.03. The molecule has 1 atom stereocenters. The van der Waals surface area contributed by atoms with E-state index in [0.717, 1.165) is 29.9 Å². The molecule has 0 aliphatic carbocycles. The summed E-state index contributed by atoms with van der Waals surface area (Å²) in [7, 11) is 0. The van der Waals surface area contributed by atoms with Gasteiger partial charge in [-0.05, 0) is 42.3 Å². The summed E-state index contributed by atoms with van der Waals surface area (Å²) in [5, 5.41) is 9.63. The van der Waals surface area contributed by atoms with Gasteiger partial charge in [-0.25, -0.2) is 4.98 Å². The maximum Gasteiger partial charge on any atom is 0.241 e. The summed E-state index contributed by atoms with van der Waals surface area (Å²) in [6, 6.07) is 17.1. The van der Waals surface area contributed by atoms with Crippen molar-refractivity contribution in [3.8, 4) is 6.07 Å². The lowest BCUT2D eigenvalue weighted by atomic mass is 10.00. The Kier molecular flexibility index (Phi) is 8.90. The first kappa shape index (κ1) is 24.7. The lowest BCUT2D eigenvalue weighted by Gasteiger charge is -2.38. The highest BCUT2D eigenvalue weighted by atomic mass is 35.5. The van der Waals surface area contributed by atoms with Gasteiger partial charge in [0.1, 0.15) is 0 Å². The second kappa shape index (κ2) is 11.2. The number of anilines is 1. The van der Waals surface area contributed by atoms with Crippen molar-refractivity contribution < 1.29 is 4.79 Å². The fourth-order valence-electron chi connectivity index (χ4n) is 3.70. The first-order chi connectivity index (χ1) is 14.1. The van der Waals surface area contributed by atoms with Crippen molar-refractivity contribution in [1.82, 2.24) is 14.9 Å². The molecule has 1 N–H and O–H groups in total. The van der Waals surface area contributed by atoms with Gasteiger partial charge < -0.3 is 9.88 Å². The zero-order chi connectivity index (χ0) is 20.2. The van der Waals surface area contributed by atoms with E-state index in [1.165, 1.54) is 0 Å². The van der Waals surface area contributed by atoms with Crippen LogP contribution in [0.5, 0.6) is 0 Å². The quantitative estimate of drug-likeness (QED) is 0.589. The Morgan fingerprint density at radius 2 is 1.94 bits per heavy atom. The molecule has 1 fully saturated rings. The molecule has 1 aromatic heterocycles. The summed E-state index contributed by atoms with van der Waals surface area (Å²) >= 11 is 6.09. The Morgan fingerprint density at radius 3 is 2.55 bits per heavy atom. The van der Waals surface area contributed by atoms with E-state index in [1.807, 2.05) is 48.7 Å². The van der Waals surface area contributed by atoms with Gasteiger partial charge in [0, 0.05) is 30.0 Å². The lowest BCUT2D eigenvalue weighted by molar-refractivity contribution is -0.122. The standard InChI is InChI=1S/C22H20ClN5O.2ClH/c23-18-2-1-3-19(11-18)28-9-8-27(14-22(28)29)21(20-13-25-15-26-20)10-16-4-6-17(12-24)7-5-16;;/h1-7,11,13,15,21H,8-10,14H2,(H,25,26);2*1H. The van der Waals surface area contributed by atoms with Crippen LogP contribution in [0.4, 0.5) is 5.69 Å². The minimum Gasteiger partial charge on any atom is -0.347 e. The van der Waals surface area contributed by atoms with Gasteiger partial charge in [0.2, 0.25) is 5.91 Å². The molecule has 1 amide bonds. The van der Waals surface area contributed by atoms with Gasteiger partial charge in [-0.2, -0.15) is 5.26 Å². The SMILES string of the molecule is Cl.Cl.N#Cc1ccc(CC(c2cnc[nH]2)N2CCN(c3cccc(Cl)c3)C(=O)C2)cc1. The first-order valence-corrected chi connectivity index (χ1v) is 9.79. The van der Waals surface area contributed by atoms with Gasteiger partial charge >= 0.3 is 0 Å². The molecule has 2 heterocycles. The molecule has 31 heavy (non-hydrogen) atoms. The van der Waals surface area contributed by atoms with Gasteiger partial charge in [-0.3, -0.25) is 9.69 Å². The number of piperazine rings is 1. The summed E-state index contributed by atoms with van der Waals surface area (Å²) in [6.07, 6.45) is 4.19. The second-order valence-corrected chi connectivity index (χ2v) is 7.47. The third-order valence-corrected chi connectivity index (χ3v) is 5.44. The summed E-state index contributed by atoms with van der Waals surface area (Å²) in [6.45, 7) is 1.64. The predicted molar refractivity (Wildman–Crippen MR) is 126 cm³/mol. The molecule has 0 saturated carbocycles. The number of hydrogen-bond donors (Lipinski definition) is 1. The lowest BCUT2D eigenvalue weighted by Crippen LogP contribution is -2.51. The molecular weight excluding hydrogens is 457 g/mol. The van der Waals surface area contributed by atoms with E-state index in [-0.39, 0.29) is 36.8 Å². The zero-order valence-corrected chi connectivity index (χ0v) is 19.0. The van der Waals surface area contributed by atoms with Crippen LogP contribution in [0.15, 0.2) is 61.1 Å². The normalized spacial score (nSPS) is 14.8. The Bertz CT molecular complexity index is 1030. The fourth-order valence-corrected chi connectivity index (χ4v) is 3.88. The number of nitriles is 1. The average molecular weight is 479 g/mol. The maximum atomic E-state index is 12.9. The van der Waals surface area contributed by atoms with Crippen molar-refractivity contribution in [2.24, 2.45) is 0 Å². The molecule has 2 aromatic carbocycles. The summed E-state index contributed by atoms with van der Waals surface area (Å²) in [5.74, 6) is 0.0443. The molecular formula is C22H22Cl3N5O. The number of rotatable bonds is 5. The minimum absolute atomic E-state index is 0. The highest BCUT2D eigenvalue weighted by Crippen LogP contribution is 2.28. The Morgan fingerprint density at radius 1 is 1.16 bits per heavy atom. The number of nitrogens with zero attached hydrogens (tertiary/aromatic N) is 4. The molecule has 0 bridgehead atoms. The molecule has 0 radical (unpaired) electrons. The molecule has 0 spiro atoms. The maximum absolute atomic E-state index is 12.9. The highest BCUT2D eigenvalue weighted by molar-refractivity contribution is 6.30. The topological polar surface area (TPSA) is 76.0 Å². The van der Waals surface area contributed by atoms with Gasteiger partial charge in [-0.1, -0.05) is 29.8 Å². The number of imidazole rings is 1. The molecule has 9 heteroatoms. The number of carbonyl (C=O) groups excluding carboxylic acids is 1. The third-order valence-electron chi connectivity index (χ3n) is 5.20. The smallest absolute Gasteiger partial charge is 0.241 e. The zero-order valence-electron chi connectivity index (χ0n) is 16.6. The molecule has 1 unspecified atom stereocenters. The predicted octanol–water partition coefficient (Wildman–Crippen LogP) is 4.41. The average Bonchev–Trinajstić information content (AvgIpc) is 3.27. The first-order valence-electron chi connectivity index (χ1n) is 9.41. The summed E-state index contributed by atoms with van der Waals surface area (Å²) in [4.78, 5) is 24.2. The van der Waals surface area contributed by atoms with Gasteiger partial charge in [0.25, 0.3) is 0 Å². The van der Waals surface area contributed by atoms with E-state index >= 15 is 0 Å². The fraction of sp³-hybridized carbons (Fsp3) is 0.227. The number of H-pyrrole nitrogens is 1. The van der Waals surface area contributed by atoms with E-state index in [1.54, 1.807) is 17.3 Å². The van der Waals surface area contributed by atoms with Crippen LogP contribution in [0.25, 0.3) is 0 Å². The van der Waals surface area contributed by atoms with Crippen molar-refractivity contribution in [2.75, 3.05) is 24.5 Å². The van der Waals surface area contributed by atoms with E-state index in [4.69, 9.17) is 16.9 Å². The highest BCUT2D eigenvalue weighted by Gasteiger charge is 2.31. The van der Waals surface area contributed by atoms with Crippen LogP contribution in [0.1, 0.15) is 22.9 Å². The van der Waals surface area contributed by atoms with Crippen molar-refractivity contribution >= 4 is 48.0 Å². The van der Waals surface area contributed by atoms with Crippen LogP contribution in [0.3, 0.4) is 0 Å². The number of benzene rings is 2. The Labute approximate surface area is 198 Å². The van der Waals surface area contributed by atoms with Crippen LogP contribution < -0.4 is 4.90 Å². The van der Waals surface area contributed by atoms with Crippen LogP contribution in [0.2, 0.25) is 5.02 Å². The van der Waals surface area contributed by atoms with Crippen molar-refractivity contribution in [2.45, 2.75) is 12.5 Å². The van der Waals surface area contributed by atoms with Crippen molar-refractivity contribution in [3.05, 3.63) is 82.9 Å². The van der Waals surface area contributed by atoms with E-state index in [2.05, 4.69) is 20.9 Å².